The highest BCUT2D eigenvalue weighted by Crippen LogP contribution is 2.34. The minimum Gasteiger partial charge on any atom is -0.391 e. The van der Waals surface area contributed by atoms with E-state index in [-0.39, 0.29) is 5.91 Å². The van der Waals surface area contributed by atoms with Crippen molar-refractivity contribution in [2.24, 2.45) is 0 Å². The first-order valence-electron chi connectivity index (χ1n) is 8.21. The number of hydrogen-bond donors (Lipinski definition) is 1. The third-order valence-corrected chi connectivity index (χ3v) is 4.81. The van der Waals surface area contributed by atoms with Crippen molar-refractivity contribution >= 4 is 5.91 Å². The Bertz CT molecular complexity index is 614. The van der Waals surface area contributed by atoms with E-state index in [4.69, 9.17) is 0 Å². The van der Waals surface area contributed by atoms with Gasteiger partial charge in [-0.15, -0.1) is 0 Å². The van der Waals surface area contributed by atoms with Gasteiger partial charge >= 0.3 is 0 Å². The zero-order chi connectivity index (χ0) is 16.3. The highest BCUT2D eigenvalue weighted by atomic mass is 16.3. The average Bonchev–Trinajstić information content (AvgIpc) is 2.62. The summed E-state index contributed by atoms with van der Waals surface area (Å²) in [5, 5.41) is 9.94. The first-order valence-corrected chi connectivity index (χ1v) is 8.21. The van der Waals surface area contributed by atoms with Gasteiger partial charge in [-0.05, 0) is 30.9 Å². The predicted octanol–water partition coefficient (Wildman–Crippen LogP) is 2.98. The zero-order valence-corrected chi connectivity index (χ0v) is 13.5. The number of benzene rings is 2. The van der Waals surface area contributed by atoms with E-state index < -0.39 is 11.5 Å². The number of piperidine rings is 1. The van der Waals surface area contributed by atoms with Crippen LogP contribution in [0.2, 0.25) is 0 Å². The van der Waals surface area contributed by atoms with E-state index in [9.17, 15) is 9.90 Å². The van der Waals surface area contributed by atoms with Crippen LogP contribution < -0.4 is 0 Å². The van der Waals surface area contributed by atoms with Crippen molar-refractivity contribution in [3.05, 3.63) is 71.8 Å². The van der Waals surface area contributed by atoms with Gasteiger partial charge < -0.3 is 10.0 Å². The predicted molar refractivity (Wildman–Crippen MR) is 91.2 cm³/mol. The number of aliphatic hydroxyl groups excluding tert-OH is 1. The summed E-state index contributed by atoms with van der Waals surface area (Å²) in [4.78, 5) is 15.2. The van der Waals surface area contributed by atoms with Crippen molar-refractivity contribution in [2.75, 3.05) is 13.1 Å². The second-order valence-corrected chi connectivity index (χ2v) is 6.40. The zero-order valence-electron chi connectivity index (χ0n) is 13.5. The van der Waals surface area contributed by atoms with Gasteiger partial charge in [0.1, 0.15) is 0 Å². The molecule has 1 aliphatic heterocycles. The van der Waals surface area contributed by atoms with Crippen LogP contribution in [-0.4, -0.2) is 35.1 Å². The number of β-amino-alcohol motifs (C(OH)–C–C–N with tert-alkyl or cyclic N) is 1. The van der Waals surface area contributed by atoms with E-state index in [1.165, 1.54) is 0 Å². The first kappa shape index (κ1) is 15.8. The van der Waals surface area contributed by atoms with Gasteiger partial charge in [-0.2, -0.15) is 0 Å². The van der Waals surface area contributed by atoms with Crippen molar-refractivity contribution in [2.45, 2.75) is 31.3 Å². The monoisotopic (exact) mass is 309 g/mol. The number of rotatable bonds is 3. The fraction of sp³-hybridized carbons (Fsp3) is 0.350. The summed E-state index contributed by atoms with van der Waals surface area (Å²) >= 11 is 0. The van der Waals surface area contributed by atoms with Crippen molar-refractivity contribution in [1.29, 1.82) is 0 Å². The third-order valence-electron chi connectivity index (χ3n) is 4.81. The van der Waals surface area contributed by atoms with Gasteiger partial charge in [-0.3, -0.25) is 4.79 Å². The smallest absolute Gasteiger partial charge is 0.237 e. The molecule has 3 rings (SSSR count). The maximum Gasteiger partial charge on any atom is 0.237 e. The number of carbonyl (C=O) groups is 1. The number of nitrogens with zero attached hydrogens (tertiary/aromatic N) is 1. The summed E-state index contributed by atoms with van der Waals surface area (Å²) in [5.41, 5.74) is 1.23. The largest absolute Gasteiger partial charge is 0.391 e. The number of carbonyl (C=O) groups excluding carboxylic acids is 1. The molecule has 1 amide bonds. The van der Waals surface area contributed by atoms with Gasteiger partial charge in [0.2, 0.25) is 5.91 Å². The molecule has 0 bridgehead atoms. The van der Waals surface area contributed by atoms with Gasteiger partial charge in [0.05, 0.1) is 11.5 Å². The molecule has 2 aromatic carbocycles. The molecule has 0 aliphatic carbocycles. The van der Waals surface area contributed by atoms with Gasteiger partial charge in [0.15, 0.2) is 0 Å². The molecule has 120 valence electrons. The summed E-state index contributed by atoms with van der Waals surface area (Å²) in [5.74, 6) is 0.0636. The van der Waals surface area contributed by atoms with E-state index in [1.54, 1.807) is 0 Å². The van der Waals surface area contributed by atoms with Crippen LogP contribution in [0.1, 0.15) is 30.9 Å². The molecule has 1 aliphatic rings. The summed E-state index contributed by atoms with van der Waals surface area (Å²) in [6.45, 7) is 3.13. The maximum absolute atomic E-state index is 13.4. The molecule has 0 aromatic heterocycles. The molecule has 1 atom stereocenters. The Morgan fingerprint density at radius 1 is 1.04 bits per heavy atom. The maximum atomic E-state index is 13.4. The average molecular weight is 309 g/mol. The van der Waals surface area contributed by atoms with Gasteiger partial charge in [0, 0.05) is 13.1 Å². The fourth-order valence-electron chi connectivity index (χ4n) is 3.41. The minimum absolute atomic E-state index is 0.0636. The molecule has 3 nitrogen and oxygen atoms in total. The van der Waals surface area contributed by atoms with Crippen LogP contribution in [0.15, 0.2) is 60.7 Å². The molecule has 2 aromatic rings. The number of amides is 1. The van der Waals surface area contributed by atoms with Crippen LogP contribution in [0.25, 0.3) is 0 Å². The molecule has 0 spiro atoms. The van der Waals surface area contributed by atoms with E-state index in [0.717, 1.165) is 24.0 Å². The standard InChI is InChI=1S/C20H23NO2/c1-20(16-9-4-2-5-10-16,17-11-6-3-7-12-17)19(23)21-14-8-13-18(22)15-21/h2-7,9-12,18,22H,8,13-15H2,1H3. The summed E-state index contributed by atoms with van der Waals surface area (Å²) in [6.07, 6.45) is 1.22. The Hall–Kier alpha value is -2.13. The first-order chi connectivity index (χ1) is 11.1. The third kappa shape index (κ3) is 3.02. The highest BCUT2D eigenvalue weighted by molar-refractivity contribution is 5.91. The van der Waals surface area contributed by atoms with Crippen molar-refractivity contribution in [3.8, 4) is 0 Å². The lowest BCUT2D eigenvalue weighted by molar-refractivity contribution is -0.138. The Balaban J connectivity index is 2.04. The van der Waals surface area contributed by atoms with Crippen LogP contribution in [0.4, 0.5) is 0 Å². The summed E-state index contributed by atoms with van der Waals surface area (Å²) in [7, 11) is 0. The van der Waals surface area contributed by atoms with E-state index in [0.29, 0.717) is 13.1 Å². The van der Waals surface area contributed by atoms with Crippen LogP contribution in [0.3, 0.4) is 0 Å². The SMILES string of the molecule is CC(C(=O)N1CCCC(O)C1)(c1ccccc1)c1ccccc1. The highest BCUT2D eigenvalue weighted by Gasteiger charge is 2.40. The molecule has 23 heavy (non-hydrogen) atoms. The normalized spacial score (nSPS) is 18.7. The van der Waals surface area contributed by atoms with Crippen LogP contribution in [-0.2, 0) is 10.2 Å². The summed E-state index contributed by atoms with van der Waals surface area (Å²) in [6, 6.07) is 19.8. The fourth-order valence-corrected chi connectivity index (χ4v) is 3.41. The lowest BCUT2D eigenvalue weighted by Gasteiger charge is -2.38. The lowest BCUT2D eigenvalue weighted by Crippen LogP contribution is -2.50. The van der Waals surface area contributed by atoms with Crippen LogP contribution in [0, 0.1) is 0 Å². The molecule has 3 heteroatoms. The van der Waals surface area contributed by atoms with Gasteiger partial charge in [0.25, 0.3) is 0 Å². The molecule has 1 fully saturated rings. The number of likely N-dealkylation sites (tertiary alicyclic amines) is 1. The molecule has 0 radical (unpaired) electrons. The number of hydrogen-bond acceptors (Lipinski definition) is 2. The summed E-state index contributed by atoms with van der Waals surface area (Å²) < 4.78 is 0. The molecule has 1 saturated heterocycles. The number of aliphatic hydroxyl groups is 1. The minimum atomic E-state index is -0.737. The quantitative estimate of drug-likeness (QED) is 0.947. The molecular weight excluding hydrogens is 286 g/mol. The van der Waals surface area contributed by atoms with Crippen molar-refractivity contribution in [3.63, 3.8) is 0 Å². The van der Waals surface area contributed by atoms with Gasteiger partial charge in [-0.1, -0.05) is 60.7 Å². The second kappa shape index (κ2) is 6.55. The Kier molecular flexibility index (Phi) is 4.49. The van der Waals surface area contributed by atoms with Crippen LogP contribution >= 0.6 is 0 Å². The van der Waals surface area contributed by atoms with E-state index >= 15 is 0 Å². The van der Waals surface area contributed by atoms with E-state index in [2.05, 4.69) is 0 Å². The molecule has 1 heterocycles. The Morgan fingerprint density at radius 3 is 2.04 bits per heavy atom. The molecule has 1 unspecified atom stereocenters. The second-order valence-electron chi connectivity index (χ2n) is 6.40. The Morgan fingerprint density at radius 2 is 1.57 bits per heavy atom. The van der Waals surface area contributed by atoms with Gasteiger partial charge in [-0.25, -0.2) is 0 Å². The molecular formula is C20H23NO2. The molecule has 1 N–H and O–H groups in total. The molecule has 0 saturated carbocycles. The Labute approximate surface area is 137 Å². The van der Waals surface area contributed by atoms with Crippen molar-refractivity contribution in [1.82, 2.24) is 4.90 Å². The van der Waals surface area contributed by atoms with Crippen LogP contribution in [0.5, 0.6) is 0 Å². The van der Waals surface area contributed by atoms with Crippen molar-refractivity contribution < 1.29 is 9.90 Å². The van der Waals surface area contributed by atoms with E-state index in [1.807, 2.05) is 72.5 Å². The topological polar surface area (TPSA) is 40.5 Å². The lowest BCUT2D eigenvalue weighted by atomic mass is 9.74.